The third-order valence-corrected chi connectivity index (χ3v) is 4.42. The number of hydrogen-bond donors (Lipinski definition) is 2. The Bertz CT molecular complexity index is 453. The van der Waals surface area contributed by atoms with Gasteiger partial charge in [-0.1, -0.05) is 18.0 Å². The molecule has 2 aliphatic rings. The van der Waals surface area contributed by atoms with Crippen LogP contribution in [0.2, 0.25) is 5.02 Å². The minimum absolute atomic E-state index is 0.456. The van der Waals surface area contributed by atoms with Crippen LogP contribution in [0.3, 0.4) is 0 Å². The molecule has 3 heterocycles. The summed E-state index contributed by atoms with van der Waals surface area (Å²) >= 11 is 6.18. The second-order valence-corrected chi connectivity index (χ2v) is 5.69. The van der Waals surface area contributed by atoms with Crippen molar-refractivity contribution in [1.29, 1.82) is 0 Å². The predicted molar refractivity (Wildman–Crippen MR) is 77.8 cm³/mol. The Morgan fingerprint density at radius 1 is 1.32 bits per heavy atom. The Labute approximate surface area is 118 Å². The SMILES string of the molecule is CNc1ncc(Cl)c(NC2CCN3CCCCC23)n1. The summed E-state index contributed by atoms with van der Waals surface area (Å²) < 4.78 is 0. The van der Waals surface area contributed by atoms with Crippen molar-refractivity contribution in [1.82, 2.24) is 14.9 Å². The zero-order chi connectivity index (χ0) is 13.2. The van der Waals surface area contributed by atoms with E-state index in [-0.39, 0.29) is 0 Å². The Kier molecular flexibility index (Phi) is 3.75. The Hall–Kier alpha value is -1.07. The summed E-state index contributed by atoms with van der Waals surface area (Å²) in [5, 5.41) is 7.05. The van der Waals surface area contributed by atoms with Gasteiger partial charge in [0.15, 0.2) is 5.82 Å². The first-order valence-corrected chi connectivity index (χ1v) is 7.36. The van der Waals surface area contributed by atoms with E-state index < -0.39 is 0 Å². The normalized spacial score (nSPS) is 27.1. The highest BCUT2D eigenvalue weighted by Crippen LogP contribution is 2.30. The Morgan fingerprint density at radius 2 is 2.21 bits per heavy atom. The van der Waals surface area contributed by atoms with Crippen LogP contribution in [-0.2, 0) is 0 Å². The molecule has 0 saturated carbocycles. The van der Waals surface area contributed by atoms with Gasteiger partial charge in [0, 0.05) is 25.7 Å². The van der Waals surface area contributed by atoms with Crippen LogP contribution in [0.15, 0.2) is 6.20 Å². The largest absolute Gasteiger partial charge is 0.364 e. The van der Waals surface area contributed by atoms with Crippen molar-refractivity contribution in [3.63, 3.8) is 0 Å². The standard InChI is InChI=1S/C13H20ClN5/c1-15-13-16-8-9(14)12(18-13)17-10-5-7-19-6-3-2-4-11(10)19/h8,10-11H,2-7H2,1H3,(H2,15,16,17,18). The molecule has 2 saturated heterocycles. The molecule has 3 rings (SSSR count). The van der Waals surface area contributed by atoms with Crippen molar-refractivity contribution in [3.05, 3.63) is 11.2 Å². The maximum atomic E-state index is 6.18. The van der Waals surface area contributed by atoms with Crippen molar-refractivity contribution in [2.75, 3.05) is 30.8 Å². The number of nitrogens with one attached hydrogen (secondary N) is 2. The average Bonchev–Trinajstić information content (AvgIpc) is 2.85. The van der Waals surface area contributed by atoms with E-state index >= 15 is 0 Å². The second kappa shape index (κ2) is 5.51. The third kappa shape index (κ3) is 2.62. The predicted octanol–water partition coefficient (Wildman–Crippen LogP) is 2.21. The minimum atomic E-state index is 0.456. The number of halogens is 1. The highest BCUT2D eigenvalue weighted by Gasteiger charge is 2.35. The van der Waals surface area contributed by atoms with E-state index in [0.717, 1.165) is 5.82 Å². The van der Waals surface area contributed by atoms with Gasteiger partial charge < -0.3 is 10.6 Å². The molecule has 0 spiro atoms. The number of hydrogen-bond acceptors (Lipinski definition) is 5. The molecular formula is C13H20ClN5. The van der Waals surface area contributed by atoms with Crippen molar-refractivity contribution < 1.29 is 0 Å². The summed E-state index contributed by atoms with van der Waals surface area (Å²) in [6.45, 7) is 2.42. The summed E-state index contributed by atoms with van der Waals surface area (Å²) in [5.41, 5.74) is 0. The highest BCUT2D eigenvalue weighted by molar-refractivity contribution is 6.32. The Balaban J connectivity index is 1.74. The van der Waals surface area contributed by atoms with Crippen LogP contribution in [0.25, 0.3) is 0 Å². The van der Waals surface area contributed by atoms with Crippen LogP contribution >= 0.6 is 11.6 Å². The van der Waals surface area contributed by atoms with Gasteiger partial charge in [-0.25, -0.2) is 4.98 Å². The molecule has 6 heteroatoms. The highest BCUT2D eigenvalue weighted by atomic mass is 35.5. The summed E-state index contributed by atoms with van der Waals surface area (Å²) in [7, 11) is 1.81. The van der Waals surface area contributed by atoms with Gasteiger partial charge in [0.25, 0.3) is 0 Å². The minimum Gasteiger partial charge on any atom is -0.364 e. The molecule has 2 fully saturated rings. The zero-order valence-corrected chi connectivity index (χ0v) is 12.0. The van der Waals surface area contributed by atoms with E-state index in [1.807, 2.05) is 7.05 Å². The molecule has 5 nitrogen and oxygen atoms in total. The molecule has 2 atom stereocenters. The van der Waals surface area contributed by atoms with Gasteiger partial charge in [0.1, 0.15) is 5.02 Å². The van der Waals surface area contributed by atoms with E-state index in [0.29, 0.717) is 23.1 Å². The second-order valence-electron chi connectivity index (χ2n) is 5.28. The fraction of sp³-hybridized carbons (Fsp3) is 0.692. The Morgan fingerprint density at radius 3 is 3.05 bits per heavy atom. The summed E-state index contributed by atoms with van der Waals surface area (Å²) in [6, 6.07) is 1.09. The first-order chi connectivity index (χ1) is 9.28. The molecular weight excluding hydrogens is 262 g/mol. The number of nitrogens with zero attached hydrogens (tertiary/aromatic N) is 3. The lowest BCUT2D eigenvalue weighted by atomic mass is 9.99. The molecule has 0 amide bonds. The van der Waals surface area contributed by atoms with Crippen LogP contribution in [0, 0.1) is 0 Å². The lowest BCUT2D eigenvalue weighted by Gasteiger charge is -2.32. The molecule has 2 aliphatic heterocycles. The zero-order valence-electron chi connectivity index (χ0n) is 11.2. The molecule has 2 N–H and O–H groups in total. The van der Waals surface area contributed by atoms with E-state index in [4.69, 9.17) is 11.6 Å². The molecule has 1 aromatic rings. The number of rotatable bonds is 3. The first-order valence-electron chi connectivity index (χ1n) is 6.99. The van der Waals surface area contributed by atoms with E-state index in [1.165, 1.54) is 38.8 Å². The van der Waals surface area contributed by atoms with Gasteiger partial charge in [-0.3, -0.25) is 4.90 Å². The van der Waals surface area contributed by atoms with E-state index in [9.17, 15) is 0 Å². The molecule has 0 aromatic carbocycles. The third-order valence-electron chi connectivity index (χ3n) is 4.15. The maximum absolute atomic E-state index is 6.18. The van der Waals surface area contributed by atoms with Gasteiger partial charge >= 0.3 is 0 Å². The smallest absolute Gasteiger partial charge is 0.224 e. The lowest BCUT2D eigenvalue weighted by Crippen LogP contribution is -2.41. The van der Waals surface area contributed by atoms with Crippen LogP contribution in [0.4, 0.5) is 11.8 Å². The molecule has 104 valence electrons. The fourth-order valence-electron chi connectivity index (χ4n) is 3.18. The summed E-state index contributed by atoms with van der Waals surface area (Å²) in [6.07, 6.45) is 6.76. The van der Waals surface area contributed by atoms with Crippen LogP contribution < -0.4 is 10.6 Å². The lowest BCUT2D eigenvalue weighted by molar-refractivity contribution is 0.192. The van der Waals surface area contributed by atoms with E-state index in [2.05, 4.69) is 25.5 Å². The molecule has 0 aliphatic carbocycles. The number of piperidine rings is 1. The van der Waals surface area contributed by atoms with Crippen molar-refractivity contribution in [2.45, 2.75) is 37.8 Å². The van der Waals surface area contributed by atoms with Crippen LogP contribution in [0.1, 0.15) is 25.7 Å². The van der Waals surface area contributed by atoms with E-state index in [1.54, 1.807) is 6.20 Å². The maximum Gasteiger partial charge on any atom is 0.224 e. The molecule has 0 radical (unpaired) electrons. The number of aromatic nitrogens is 2. The van der Waals surface area contributed by atoms with Crippen molar-refractivity contribution >= 4 is 23.4 Å². The first kappa shape index (κ1) is 12.9. The van der Waals surface area contributed by atoms with Crippen LogP contribution in [-0.4, -0.2) is 47.1 Å². The number of anilines is 2. The van der Waals surface area contributed by atoms with Gasteiger partial charge in [0.2, 0.25) is 5.95 Å². The molecule has 19 heavy (non-hydrogen) atoms. The van der Waals surface area contributed by atoms with Gasteiger partial charge in [0.05, 0.1) is 6.20 Å². The average molecular weight is 282 g/mol. The molecule has 0 bridgehead atoms. The topological polar surface area (TPSA) is 53.1 Å². The van der Waals surface area contributed by atoms with Gasteiger partial charge in [-0.2, -0.15) is 4.98 Å². The quantitative estimate of drug-likeness (QED) is 0.890. The summed E-state index contributed by atoms with van der Waals surface area (Å²) in [5.74, 6) is 1.35. The molecule has 1 aromatic heterocycles. The number of fused-ring (bicyclic) bond motifs is 1. The molecule has 2 unspecified atom stereocenters. The van der Waals surface area contributed by atoms with Gasteiger partial charge in [-0.15, -0.1) is 0 Å². The van der Waals surface area contributed by atoms with Gasteiger partial charge in [-0.05, 0) is 25.8 Å². The van der Waals surface area contributed by atoms with Crippen molar-refractivity contribution in [2.24, 2.45) is 0 Å². The van der Waals surface area contributed by atoms with Crippen LogP contribution in [0.5, 0.6) is 0 Å². The monoisotopic (exact) mass is 281 g/mol. The summed E-state index contributed by atoms with van der Waals surface area (Å²) in [4.78, 5) is 11.1. The fourth-order valence-corrected chi connectivity index (χ4v) is 3.33. The van der Waals surface area contributed by atoms with Crippen molar-refractivity contribution in [3.8, 4) is 0 Å².